The van der Waals surface area contributed by atoms with Crippen molar-refractivity contribution in [1.82, 2.24) is 5.32 Å². The van der Waals surface area contributed by atoms with Crippen LogP contribution in [-0.2, 0) is 9.47 Å². The zero-order valence-corrected chi connectivity index (χ0v) is 13.4. The van der Waals surface area contributed by atoms with Crippen LogP contribution >= 0.6 is 0 Å². The molecule has 0 bridgehead atoms. The maximum Gasteiger partial charge on any atom is 0.407 e. The number of hydrogen-bond acceptors (Lipinski definition) is 4. The zero-order valence-electron chi connectivity index (χ0n) is 13.4. The van der Waals surface area contributed by atoms with Crippen molar-refractivity contribution in [2.24, 2.45) is 0 Å². The molecule has 1 aromatic carbocycles. The van der Waals surface area contributed by atoms with Gasteiger partial charge in [0.15, 0.2) is 0 Å². The first-order valence-corrected chi connectivity index (χ1v) is 6.85. The number of ether oxygens (including phenoxy) is 2. The molecular weight excluding hydrogens is 308 g/mol. The second kappa shape index (κ2) is 7.71. The maximum atomic E-state index is 13.7. The predicted molar refractivity (Wildman–Crippen MR) is 81.0 cm³/mol. The van der Waals surface area contributed by atoms with Gasteiger partial charge in [0.25, 0.3) is 0 Å². The smallest absolute Gasteiger partial charge is 0.407 e. The Kier molecular flexibility index (Phi) is 6.24. The minimum Gasteiger partial charge on any atom is -0.465 e. The Morgan fingerprint density at radius 3 is 2.26 bits per heavy atom. The van der Waals surface area contributed by atoms with Crippen LogP contribution < -0.4 is 5.32 Å². The highest BCUT2D eigenvalue weighted by Gasteiger charge is 2.18. The van der Waals surface area contributed by atoms with E-state index in [1.54, 1.807) is 20.8 Å². The van der Waals surface area contributed by atoms with Gasteiger partial charge in [-0.05, 0) is 38.5 Å². The lowest BCUT2D eigenvalue weighted by Crippen LogP contribution is -2.32. The second-order valence-electron chi connectivity index (χ2n) is 5.64. The third kappa shape index (κ3) is 6.06. The first-order chi connectivity index (χ1) is 10.6. The van der Waals surface area contributed by atoms with E-state index in [0.29, 0.717) is 0 Å². The number of amides is 1. The standard InChI is InChI=1S/C16H19F2NO4/c1-16(2,3)23-15(21)19-7-5-6-10-8-11(17)13(12(18)9-10)14(20)22-4/h5-6,8-9H,7H2,1-4H3,(H,19,21). The van der Waals surface area contributed by atoms with Gasteiger partial charge in [0.2, 0.25) is 0 Å². The molecule has 0 heterocycles. The number of rotatable bonds is 4. The minimum absolute atomic E-state index is 0.122. The van der Waals surface area contributed by atoms with E-state index in [0.717, 1.165) is 19.2 Å². The number of methoxy groups -OCH3 is 1. The molecule has 1 rings (SSSR count). The summed E-state index contributed by atoms with van der Waals surface area (Å²) in [6, 6.07) is 2.00. The number of halogens is 2. The molecule has 0 unspecified atom stereocenters. The van der Waals surface area contributed by atoms with E-state index in [4.69, 9.17) is 4.74 Å². The molecule has 0 aliphatic rings. The molecule has 0 saturated carbocycles. The summed E-state index contributed by atoms with van der Waals surface area (Å²) < 4.78 is 36.7. The van der Waals surface area contributed by atoms with Crippen LogP contribution in [-0.4, -0.2) is 31.3 Å². The first-order valence-electron chi connectivity index (χ1n) is 6.85. The van der Waals surface area contributed by atoms with Crippen molar-refractivity contribution in [2.45, 2.75) is 26.4 Å². The second-order valence-corrected chi connectivity index (χ2v) is 5.64. The fourth-order valence-electron chi connectivity index (χ4n) is 1.64. The fourth-order valence-corrected chi connectivity index (χ4v) is 1.64. The van der Waals surface area contributed by atoms with Gasteiger partial charge >= 0.3 is 12.1 Å². The van der Waals surface area contributed by atoms with Gasteiger partial charge in [-0.15, -0.1) is 0 Å². The predicted octanol–water partition coefficient (Wildman–Crippen LogP) is 3.29. The summed E-state index contributed by atoms with van der Waals surface area (Å²) in [6.07, 6.45) is 2.31. The van der Waals surface area contributed by atoms with Gasteiger partial charge in [-0.1, -0.05) is 12.2 Å². The summed E-state index contributed by atoms with van der Waals surface area (Å²) in [6.45, 7) is 5.32. The molecule has 0 aliphatic carbocycles. The van der Waals surface area contributed by atoms with Crippen LogP contribution in [0.15, 0.2) is 18.2 Å². The average molecular weight is 327 g/mol. The Hall–Kier alpha value is -2.44. The van der Waals surface area contributed by atoms with E-state index in [1.165, 1.54) is 12.2 Å². The number of hydrogen-bond donors (Lipinski definition) is 1. The van der Waals surface area contributed by atoms with Crippen LogP contribution in [0, 0.1) is 11.6 Å². The summed E-state index contributed by atoms with van der Waals surface area (Å²) in [7, 11) is 1.04. The fraction of sp³-hybridized carbons (Fsp3) is 0.375. The minimum atomic E-state index is -1.08. The van der Waals surface area contributed by atoms with Crippen molar-refractivity contribution in [3.63, 3.8) is 0 Å². The normalized spacial score (nSPS) is 11.4. The molecule has 1 amide bonds. The highest BCUT2D eigenvalue weighted by Crippen LogP contribution is 2.17. The van der Waals surface area contributed by atoms with Gasteiger partial charge < -0.3 is 14.8 Å². The number of nitrogens with one attached hydrogen (secondary N) is 1. The van der Waals surface area contributed by atoms with E-state index in [2.05, 4.69) is 10.1 Å². The quantitative estimate of drug-likeness (QED) is 0.862. The van der Waals surface area contributed by atoms with E-state index in [1.807, 2.05) is 0 Å². The van der Waals surface area contributed by atoms with Gasteiger partial charge in [-0.3, -0.25) is 0 Å². The monoisotopic (exact) mass is 327 g/mol. The molecule has 0 aromatic heterocycles. The highest BCUT2D eigenvalue weighted by molar-refractivity contribution is 5.90. The Bertz CT molecular complexity index is 598. The summed E-state index contributed by atoms with van der Waals surface area (Å²) >= 11 is 0. The molecule has 0 fully saturated rings. The number of carbonyl (C=O) groups is 2. The van der Waals surface area contributed by atoms with Crippen molar-refractivity contribution < 1.29 is 27.8 Å². The van der Waals surface area contributed by atoms with Crippen LogP contribution in [0.25, 0.3) is 6.08 Å². The van der Waals surface area contributed by atoms with Gasteiger partial charge in [-0.2, -0.15) is 0 Å². The largest absolute Gasteiger partial charge is 0.465 e. The SMILES string of the molecule is COC(=O)c1c(F)cc(C=CCNC(=O)OC(C)(C)C)cc1F. The average Bonchev–Trinajstić information content (AvgIpc) is 2.40. The summed E-state index contributed by atoms with van der Waals surface area (Å²) in [4.78, 5) is 22.6. The molecule has 5 nitrogen and oxygen atoms in total. The van der Waals surface area contributed by atoms with Gasteiger partial charge in [0.05, 0.1) is 7.11 Å². The molecule has 1 aromatic rings. The molecule has 0 radical (unpaired) electrons. The van der Waals surface area contributed by atoms with Crippen molar-refractivity contribution in [1.29, 1.82) is 0 Å². The topological polar surface area (TPSA) is 64.6 Å². The molecule has 23 heavy (non-hydrogen) atoms. The van der Waals surface area contributed by atoms with Gasteiger partial charge in [0, 0.05) is 6.54 Å². The van der Waals surface area contributed by atoms with Crippen molar-refractivity contribution in [2.75, 3.05) is 13.7 Å². The van der Waals surface area contributed by atoms with Crippen LogP contribution in [0.2, 0.25) is 0 Å². The highest BCUT2D eigenvalue weighted by atomic mass is 19.1. The van der Waals surface area contributed by atoms with E-state index >= 15 is 0 Å². The van der Waals surface area contributed by atoms with Crippen molar-refractivity contribution >= 4 is 18.1 Å². The summed E-state index contributed by atoms with van der Waals surface area (Å²) in [5.41, 5.74) is -1.14. The van der Waals surface area contributed by atoms with Gasteiger partial charge in [-0.25, -0.2) is 18.4 Å². The Morgan fingerprint density at radius 2 is 1.78 bits per heavy atom. The lowest BCUT2D eigenvalue weighted by molar-refractivity contribution is 0.0532. The summed E-state index contributed by atoms with van der Waals surface area (Å²) in [5, 5.41) is 2.47. The number of alkyl carbamates (subject to hydrolysis) is 1. The Balaban J connectivity index is 2.68. The van der Waals surface area contributed by atoms with E-state index in [-0.39, 0.29) is 12.1 Å². The Morgan fingerprint density at radius 1 is 1.22 bits per heavy atom. The lowest BCUT2D eigenvalue weighted by Gasteiger charge is -2.19. The van der Waals surface area contributed by atoms with Crippen LogP contribution in [0.4, 0.5) is 13.6 Å². The molecule has 126 valence electrons. The van der Waals surface area contributed by atoms with Crippen LogP contribution in [0.3, 0.4) is 0 Å². The van der Waals surface area contributed by atoms with Crippen LogP contribution in [0.1, 0.15) is 36.7 Å². The van der Waals surface area contributed by atoms with Gasteiger partial charge in [0.1, 0.15) is 22.8 Å². The molecule has 0 aliphatic heterocycles. The Labute approximate surface area is 133 Å². The molecule has 1 N–H and O–H groups in total. The maximum absolute atomic E-state index is 13.7. The number of carbonyl (C=O) groups excluding carboxylic acids is 2. The van der Waals surface area contributed by atoms with Crippen molar-refractivity contribution in [3.8, 4) is 0 Å². The first kappa shape index (κ1) is 18.6. The third-order valence-corrected chi connectivity index (χ3v) is 2.53. The zero-order chi connectivity index (χ0) is 17.6. The number of benzene rings is 1. The van der Waals surface area contributed by atoms with Crippen LogP contribution in [0.5, 0.6) is 0 Å². The lowest BCUT2D eigenvalue weighted by atomic mass is 10.1. The van der Waals surface area contributed by atoms with E-state index < -0.39 is 34.9 Å². The van der Waals surface area contributed by atoms with Crippen molar-refractivity contribution in [3.05, 3.63) is 41.0 Å². The molecular formula is C16H19F2NO4. The number of esters is 1. The molecule has 0 saturated heterocycles. The summed E-state index contributed by atoms with van der Waals surface area (Å²) in [5.74, 6) is -3.12. The molecule has 0 spiro atoms. The third-order valence-electron chi connectivity index (χ3n) is 2.53. The molecule has 7 heteroatoms. The van der Waals surface area contributed by atoms with E-state index in [9.17, 15) is 18.4 Å². The molecule has 0 atom stereocenters.